The van der Waals surface area contributed by atoms with Crippen LogP contribution in [-0.4, -0.2) is 30.8 Å². The van der Waals surface area contributed by atoms with Crippen molar-refractivity contribution >= 4 is 11.5 Å². The lowest BCUT2D eigenvalue weighted by molar-refractivity contribution is 0.0925. The molecule has 0 amide bonds. The highest BCUT2D eigenvalue weighted by Gasteiger charge is 2.28. The van der Waals surface area contributed by atoms with Gasteiger partial charge in [-0.1, -0.05) is 6.07 Å². The van der Waals surface area contributed by atoms with Crippen LogP contribution in [0.15, 0.2) is 18.2 Å². The number of hydrogen-bond donors (Lipinski definition) is 1. The SMILES string of the molecule is CN1CCC(C(=O)c2cccc(F)c2N)C1. The fourth-order valence-electron chi connectivity index (χ4n) is 2.12. The molecule has 86 valence electrons. The minimum absolute atomic E-state index is 0.0259. The molecule has 2 N–H and O–H groups in total. The van der Waals surface area contributed by atoms with Gasteiger partial charge in [-0.25, -0.2) is 4.39 Å². The molecule has 1 aliphatic heterocycles. The monoisotopic (exact) mass is 222 g/mol. The molecule has 0 radical (unpaired) electrons. The summed E-state index contributed by atoms with van der Waals surface area (Å²) in [5.74, 6) is -0.604. The second-order valence-corrected chi connectivity index (χ2v) is 4.31. The first-order valence-electron chi connectivity index (χ1n) is 5.36. The Kier molecular flexibility index (Phi) is 2.92. The van der Waals surface area contributed by atoms with Gasteiger partial charge in [-0.15, -0.1) is 0 Å². The van der Waals surface area contributed by atoms with E-state index in [2.05, 4.69) is 4.90 Å². The van der Waals surface area contributed by atoms with Gasteiger partial charge in [0.2, 0.25) is 0 Å². The predicted octanol–water partition coefficient (Wildman–Crippen LogP) is 1.54. The second kappa shape index (κ2) is 4.22. The van der Waals surface area contributed by atoms with Gasteiger partial charge >= 0.3 is 0 Å². The average Bonchev–Trinajstić information content (AvgIpc) is 2.68. The number of carbonyl (C=O) groups is 1. The number of anilines is 1. The number of rotatable bonds is 2. The van der Waals surface area contributed by atoms with Gasteiger partial charge in [0.15, 0.2) is 5.78 Å². The topological polar surface area (TPSA) is 46.3 Å². The van der Waals surface area contributed by atoms with Crippen LogP contribution in [0, 0.1) is 11.7 Å². The fraction of sp³-hybridized carbons (Fsp3) is 0.417. The fourth-order valence-corrected chi connectivity index (χ4v) is 2.12. The molecular weight excluding hydrogens is 207 g/mol. The highest BCUT2D eigenvalue weighted by atomic mass is 19.1. The maximum Gasteiger partial charge on any atom is 0.169 e. The van der Waals surface area contributed by atoms with Crippen LogP contribution < -0.4 is 5.73 Å². The first-order chi connectivity index (χ1) is 7.59. The minimum atomic E-state index is -0.516. The van der Waals surface area contributed by atoms with Gasteiger partial charge in [-0.3, -0.25) is 4.79 Å². The van der Waals surface area contributed by atoms with Crippen molar-refractivity contribution in [2.75, 3.05) is 25.9 Å². The Hall–Kier alpha value is -1.42. The van der Waals surface area contributed by atoms with Crippen LogP contribution >= 0.6 is 0 Å². The van der Waals surface area contributed by atoms with Gasteiger partial charge in [-0.2, -0.15) is 0 Å². The molecule has 16 heavy (non-hydrogen) atoms. The van der Waals surface area contributed by atoms with Crippen molar-refractivity contribution < 1.29 is 9.18 Å². The summed E-state index contributed by atoms with van der Waals surface area (Å²) < 4.78 is 13.2. The average molecular weight is 222 g/mol. The Balaban J connectivity index is 2.24. The van der Waals surface area contributed by atoms with Crippen LogP contribution in [0.1, 0.15) is 16.8 Å². The second-order valence-electron chi connectivity index (χ2n) is 4.31. The van der Waals surface area contributed by atoms with Crippen molar-refractivity contribution in [3.8, 4) is 0 Å². The van der Waals surface area contributed by atoms with Crippen LogP contribution in [0.3, 0.4) is 0 Å². The molecule has 0 saturated carbocycles. The van der Waals surface area contributed by atoms with Gasteiger partial charge in [0, 0.05) is 18.0 Å². The summed E-state index contributed by atoms with van der Waals surface area (Å²) >= 11 is 0. The summed E-state index contributed by atoms with van der Waals surface area (Å²) in [7, 11) is 1.97. The van der Waals surface area contributed by atoms with E-state index in [1.165, 1.54) is 12.1 Å². The lowest BCUT2D eigenvalue weighted by atomic mass is 9.96. The lowest BCUT2D eigenvalue weighted by Crippen LogP contribution is -2.20. The first kappa shape index (κ1) is 11.1. The Morgan fingerprint density at radius 2 is 2.31 bits per heavy atom. The number of Topliss-reactive ketones (excluding diaryl/α,β-unsaturated/α-hetero) is 1. The van der Waals surface area contributed by atoms with Gasteiger partial charge in [0.25, 0.3) is 0 Å². The summed E-state index contributed by atoms with van der Waals surface area (Å²) in [5, 5.41) is 0. The summed E-state index contributed by atoms with van der Waals surface area (Å²) in [4.78, 5) is 14.2. The Bertz CT molecular complexity index is 419. The Morgan fingerprint density at radius 1 is 1.56 bits per heavy atom. The molecule has 2 rings (SSSR count). The number of nitrogen functional groups attached to an aromatic ring is 1. The number of hydrogen-bond acceptors (Lipinski definition) is 3. The minimum Gasteiger partial charge on any atom is -0.396 e. The molecule has 0 aliphatic carbocycles. The highest BCUT2D eigenvalue weighted by Crippen LogP contribution is 2.24. The summed E-state index contributed by atoms with van der Waals surface area (Å²) in [5.41, 5.74) is 5.87. The molecule has 1 saturated heterocycles. The van der Waals surface area contributed by atoms with E-state index in [-0.39, 0.29) is 17.4 Å². The first-order valence-corrected chi connectivity index (χ1v) is 5.36. The Labute approximate surface area is 94.0 Å². The molecule has 1 aromatic rings. The zero-order valence-corrected chi connectivity index (χ0v) is 9.24. The molecule has 0 aromatic heterocycles. The number of benzene rings is 1. The number of carbonyl (C=O) groups excluding carboxylic acids is 1. The maximum atomic E-state index is 13.2. The van der Waals surface area contributed by atoms with Crippen molar-refractivity contribution in [3.63, 3.8) is 0 Å². The van der Waals surface area contributed by atoms with E-state index in [4.69, 9.17) is 5.73 Å². The van der Waals surface area contributed by atoms with Gasteiger partial charge in [-0.05, 0) is 32.1 Å². The van der Waals surface area contributed by atoms with Crippen molar-refractivity contribution in [2.45, 2.75) is 6.42 Å². The standard InChI is InChI=1S/C12H15FN2O/c1-15-6-5-8(7-15)12(16)9-3-2-4-10(13)11(9)14/h2-4,8H,5-7,14H2,1H3. The smallest absolute Gasteiger partial charge is 0.169 e. The molecule has 1 fully saturated rings. The summed E-state index contributed by atoms with van der Waals surface area (Å²) in [6.07, 6.45) is 0.825. The normalized spacial score (nSPS) is 21.2. The van der Waals surface area contributed by atoms with E-state index < -0.39 is 5.82 Å². The van der Waals surface area contributed by atoms with E-state index in [1.807, 2.05) is 7.05 Å². The van der Waals surface area contributed by atoms with E-state index in [0.717, 1.165) is 19.5 Å². The van der Waals surface area contributed by atoms with Gasteiger partial charge in [0.1, 0.15) is 5.82 Å². The Morgan fingerprint density at radius 3 is 2.94 bits per heavy atom. The predicted molar refractivity (Wildman–Crippen MR) is 60.7 cm³/mol. The van der Waals surface area contributed by atoms with Crippen molar-refractivity contribution in [1.29, 1.82) is 0 Å². The number of halogens is 1. The van der Waals surface area contributed by atoms with Crippen LogP contribution in [0.4, 0.5) is 10.1 Å². The van der Waals surface area contributed by atoms with Crippen LogP contribution in [0.5, 0.6) is 0 Å². The molecule has 1 atom stereocenters. The molecular formula is C12H15FN2O. The van der Waals surface area contributed by atoms with Gasteiger partial charge < -0.3 is 10.6 Å². The molecule has 3 nitrogen and oxygen atoms in total. The summed E-state index contributed by atoms with van der Waals surface area (Å²) in [6.45, 7) is 1.64. The molecule has 1 unspecified atom stereocenters. The molecule has 1 heterocycles. The maximum absolute atomic E-state index is 13.2. The summed E-state index contributed by atoms with van der Waals surface area (Å²) in [6, 6.07) is 4.39. The number of para-hydroxylation sites is 1. The van der Waals surface area contributed by atoms with Crippen LogP contribution in [0.25, 0.3) is 0 Å². The molecule has 0 bridgehead atoms. The van der Waals surface area contributed by atoms with Gasteiger partial charge in [0.05, 0.1) is 5.69 Å². The van der Waals surface area contributed by atoms with E-state index in [1.54, 1.807) is 6.07 Å². The lowest BCUT2D eigenvalue weighted by Gasteiger charge is -2.11. The van der Waals surface area contributed by atoms with Crippen LogP contribution in [-0.2, 0) is 0 Å². The number of nitrogens with two attached hydrogens (primary N) is 1. The van der Waals surface area contributed by atoms with Crippen molar-refractivity contribution in [1.82, 2.24) is 4.90 Å². The third-order valence-corrected chi connectivity index (χ3v) is 3.08. The number of likely N-dealkylation sites (tertiary alicyclic amines) is 1. The van der Waals surface area contributed by atoms with E-state index in [0.29, 0.717) is 5.56 Å². The van der Waals surface area contributed by atoms with Crippen molar-refractivity contribution in [2.24, 2.45) is 5.92 Å². The van der Waals surface area contributed by atoms with E-state index in [9.17, 15) is 9.18 Å². The quantitative estimate of drug-likeness (QED) is 0.610. The number of nitrogens with zero attached hydrogens (tertiary/aromatic N) is 1. The highest BCUT2D eigenvalue weighted by molar-refractivity contribution is 6.02. The molecule has 1 aliphatic rings. The van der Waals surface area contributed by atoms with Crippen LogP contribution in [0.2, 0.25) is 0 Å². The third-order valence-electron chi connectivity index (χ3n) is 3.08. The zero-order chi connectivity index (χ0) is 11.7. The largest absolute Gasteiger partial charge is 0.396 e. The van der Waals surface area contributed by atoms with Crippen molar-refractivity contribution in [3.05, 3.63) is 29.6 Å². The third kappa shape index (κ3) is 1.93. The van der Waals surface area contributed by atoms with E-state index >= 15 is 0 Å². The molecule has 1 aromatic carbocycles. The molecule has 0 spiro atoms. The number of ketones is 1. The zero-order valence-electron chi connectivity index (χ0n) is 9.24. The molecule has 4 heteroatoms.